The lowest BCUT2D eigenvalue weighted by Gasteiger charge is -2.23. The number of rotatable bonds is 12. The van der Waals surface area contributed by atoms with Crippen molar-refractivity contribution in [3.8, 4) is 5.75 Å². The second-order valence-electron chi connectivity index (χ2n) is 10.3. The molecular weight excluding hydrogens is 497 g/mol. The molecule has 37 heavy (non-hydrogen) atoms. The molecule has 2 rings (SSSR count). The van der Waals surface area contributed by atoms with Crippen LogP contribution in [-0.2, 0) is 22.5 Å². The molecule has 0 saturated heterocycles. The van der Waals surface area contributed by atoms with Crippen molar-refractivity contribution >= 4 is 16.9 Å². The lowest BCUT2D eigenvalue weighted by molar-refractivity contribution is -0.290. The van der Waals surface area contributed by atoms with Gasteiger partial charge in [0.15, 0.2) is 0 Å². The van der Waals surface area contributed by atoms with Crippen LogP contribution in [0, 0.1) is 12.3 Å². The van der Waals surface area contributed by atoms with Gasteiger partial charge in [-0.15, -0.1) is 0 Å². The molecule has 1 aromatic carbocycles. The van der Waals surface area contributed by atoms with Gasteiger partial charge in [-0.05, 0) is 58.2 Å². The highest BCUT2D eigenvalue weighted by Crippen LogP contribution is 2.45. The van der Waals surface area contributed by atoms with Gasteiger partial charge in [0, 0.05) is 12.4 Å². The molecule has 10 heteroatoms. The molecule has 0 aliphatic rings. The first kappa shape index (κ1) is 30.6. The number of pyridine rings is 1. The Morgan fingerprint density at radius 2 is 1.43 bits per heavy atom. The zero-order valence-electron chi connectivity index (χ0n) is 22.1. The summed E-state index contributed by atoms with van der Waals surface area (Å²) in [4.78, 5) is 24.1. The number of hydrogen-bond acceptors (Lipinski definition) is 4. The highest BCUT2D eigenvalue weighted by Gasteiger charge is 2.61. The first-order valence-electron chi connectivity index (χ1n) is 12.5. The molecule has 0 radical (unpaired) electrons. The van der Waals surface area contributed by atoms with Crippen LogP contribution in [0.15, 0.2) is 23.0 Å². The molecule has 0 aliphatic carbocycles. The molecule has 0 bridgehead atoms. The maximum Gasteiger partial charge on any atom is 0.458 e. The lowest BCUT2D eigenvalue weighted by Crippen LogP contribution is -2.41. The first-order chi connectivity index (χ1) is 17.1. The van der Waals surface area contributed by atoms with Gasteiger partial charge in [0.2, 0.25) is 0 Å². The second kappa shape index (κ2) is 12.3. The van der Waals surface area contributed by atoms with Crippen molar-refractivity contribution in [2.45, 2.75) is 84.7 Å². The van der Waals surface area contributed by atoms with E-state index in [2.05, 4.69) is 0 Å². The number of esters is 1. The molecule has 0 saturated carbocycles. The van der Waals surface area contributed by atoms with Crippen molar-refractivity contribution in [3.63, 3.8) is 0 Å². The highest BCUT2D eigenvalue weighted by molar-refractivity contribution is 5.89. The van der Waals surface area contributed by atoms with Gasteiger partial charge in [-0.25, -0.2) is 0 Å². The average Bonchev–Trinajstić information content (AvgIpc) is 2.79. The summed E-state index contributed by atoms with van der Waals surface area (Å²) in [6.07, 6.45) is 0.352. The Bertz CT molecular complexity index is 1130. The molecule has 2 aromatic rings. The molecule has 1 aromatic heterocycles. The maximum atomic E-state index is 14.2. The van der Waals surface area contributed by atoms with Crippen LogP contribution >= 0.6 is 0 Å². The zero-order valence-corrected chi connectivity index (χ0v) is 22.1. The van der Waals surface area contributed by atoms with E-state index in [1.165, 1.54) is 19.2 Å². The number of halogens is 5. The molecule has 0 aliphatic heterocycles. The maximum absolute atomic E-state index is 14.2. The van der Waals surface area contributed by atoms with Crippen LogP contribution in [0.25, 0.3) is 10.9 Å². The van der Waals surface area contributed by atoms with E-state index in [-0.39, 0.29) is 29.2 Å². The molecule has 0 fully saturated rings. The molecule has 5 nitrogen and oxygen atoms in total. The van der Waals surface area contributed by atoms with Crippen LogP contribution < -0.4 is 10.3 Å². The molecule has 1 heterocycles. The van der Waals surface area contributed by atoms with Gasteiger partial charge < -0.3 is 14.0 Å². The van der Waals surface area contributed by atoms with Gasteiger partial charge in [-0.1, -0.05) is 38.2 Å². The van der Waals surface area contributed by atoms with Crippen LogP contribution in [0.5, 0.6) is 5.75 Å². The lowest BCUT2D eigenvalue weighted by atomic mass is 9.97. The fourth-order valence-corrected chi connectivity index (χ4v) is 4.02. The van der Waals surface area contributed by atoms with E-state index in [0.29, 0.717) is 13.0 Å². The number of fused-ring (bicyclic) bond motifs is 1. The van der Waals surface area contributed by atoms with Crippen LogP contribution in [0.2, 0.25) is 0 Å². The zero-order chi connectivity index (χ0) is 28.0. The summed E-state index contributed by atoms with van der Waals surface area (Å²) in [5, 5.41) is 0.0655. The molecule has 208 valence electrons. The summed E-state index contributed by atoms with van der Waals surface area (Å²) in [5.41, 5.74) is -3.70. The summed E-state index contributed by atoms with van der Waals surface area (Å²) in [6.45, 7) is 7.20. The molecule has 0 amide bonds. The minimum absolute atomic E-state index is 0.0655. The number of alkyl halides is 5. The Hall–Kier alpha value is -2.65. The number of carbonyl (C=O) groups is 1. The van der Waals surface area contributed by atoms with E-state index in [0.717, 1.165) is 50.0 Å². The Morgan fingerprint density at radius 1 is 0.892 bits per heavy atom. The van der Waals surface area contributed by atoms with E-state index < -0.39 is 34.2 Å². The fraction of sp³-hybridized carbons (Fsp3) is 0.630. The Balaban J connectivity index is 1.91. The van der Waals surface area contributed by atoms with Crippen LogP contribution in [0.1, 0.15) is 76.8 Å². The largest absolute Gasteiger partial charge is 0.493 e. The van der Waals surface area contributed by atoms with Crippen LogP contribution in [0.4, 0.5) is 22.0 Å². The van der Waals surface area contributed by atoms with E-state index >= 15 is 0 Å². The van der Waals surface area contributed by atoms with E-state index in [4.69, 9.17) is 9.47 Å². The summed E-state index contributed by atoms with van der Waals surface area (Å²) in [7, 11) is 1.17. The molecule has 0 unspecified atom stereocenters. The van der Waals surface area contributed by atoms with Crippen molar-refractivity contribution in [2.24, 2.45) is 12.5 Å². The highest BCUT2D eigenvalue weighted by atomic mass is 19.4. The molecule has 0 spiro atoms. The number of carbonyl (C=O) groups excluding carboxylic acids is 1. The third-order valence-electron chi connectivity index (χ3n) is 6.20. The topological polar surface area (TPSA) is 57.5 Å². The van der Waals surface area contributed by atoms with Crippen molar-refractivity contribution < 1.29 is 36.2 Å². The Morgan fingerprint density at radius 3 is 1.97 bits per heavy atom. The van der Waals surface area contributed by atoms with E-state index in [9.17, 15) is 31.5 Å². The SMILES string of the molecule is Cc1c(C(F)(F)C(F)(F)F)c(=O)n(C)c2cccc(OCCCCCCCCCOC(=O)C(C)(C)C)c12. The molecule has 0 N–H and O–H groups in total. The molecular formula is C27H36F5NO4. The van der Waals surface area contributed by atoms with Crippen molar-refractivity contribution in [1.82, 2.24) is 4.57 Å². The monoisotopic (exact) mass is 533 g/mol. The predicted octanol–water partition coefficient (Wildman–Crippen LogP) is 7.20. The number of ether oxygens (including phenoxy) is 2. The minimum atomic E-state index is -5.90. The van der Waals surface area contributed by atoms with Crippen molar-refractivity contribution in [1.29, 1.82) is 0 Å². The number of aromatic nitrogens is 1. The van der Waals surface area contributed by atoms with Crippen LogP contribution in [-0.4, -0.2) is 29.9 Å². The first-order valence-corrected chi connectivity index (χ1v) is 12.5. The minimum Gasteiger partial charge on any atom is -0.493 e. The van der Waals surface area contributed by atoms with E-state index in [1.54, 1.807) is 6.07 Å². The van der Waals surface area contributed by atoms with Gasteiger partial charge in [0.1, 0.15) is 5.75 Å². The standard InChI is InChI=1S/C27H36F5NO4/c1-18-21-19(33(5)23(34)22(18)26(28,29)27(30,31)32)14-13-15-20(21)36-16-11-9-7-6-8-10-12-17-37-24(35)25(2,3)4/h13-15H,6-12,16-17H2,1-5H3. The number of benzene rings is 1. The van der Waals surface area contributed by atoms with Gasteiger partial charge in [0.25, 0.3) is 5.56 Å². The van der Waals surface area contributed by atoms with Gasteiger partial charge >= 0.3 is 18.1 Å². The Labute approximate surface area is 213 Å². The van der Waals surface area contributed by atoms with Gasteiger partial charge in [0.05, 0.1) is 29.7 Å². The summed E-state index contributed by atoms with van der Waals surface area (Å²) in [5.74, 6) is -5.34. The summed E-state index contributed by atoms with van der Waals surface area (Å²) in [6, 6.07) is 4.55. The normalized spacial score (nSPS) is 12.7. The Kier molecular flexibility index (Phi) is 10.1. The quantitative estimate of drug-likeness (QED) is 0.165. The summed E-state index contributed by atoms with van der Waals surface area (Å²) >= 11 is 0. The third-order valence-corrected chi connectivity index (χ3v) is 6.20. The predicted molar refractivity (Wildman–Crippen MR) is 132 cm³/mol. The smallest absolute Gasteiger partial charge is 0.458 e. The van der Waals surface area contributed by atoms with Crippen molar-refractivity contribution in [2.75, 3.05) is 13.2 Å². The second-order valence-corrected chi connectivity index (χ2v) is 10.3. The van der Waals surface area contributed by atoms with Crippen LogP contribution in [0.3, 0.4) is 0 Å². The number of hydrogen-bond donors (Lipinski definition) is 0. The van der Waals surface area contributed by atoms with Crippen molar-refractivity contribution in [3.05, 3.63) is 39.7 Å². The average molecular weight is 534 g/mol. The van der Waals surface area contributed by atoms with Gasteiger partial charge in [-0.3, -0.25) is 9.59 Å². The van der Waals surface area contributed by atoms with E-state index in [1.807, 2.05) is 20.8 Å². The number of aryl methyl sites for hydroxylation is 2. The molecule has 0 atom stereocenters. The number of nitrogens with zero attached hydrogens (tertiary/aromatic N) is 1. The van der Waals surface area contributed by atoms with Gasteiger partial charge in [-0.2, -0.15) is 22.0 Å². The third kappa shape index (κ3) is 7.45. The number of unbranched alkanes of at least 4 members (excludes halogenated alkanes) is 6. The summed E-state index contributed by atoms with van der Waals surface area (Å²) < 4.78 is 79.5. The fourth-order valence-electron chi connectivity index (χ4n) is 4.02.